The van der Waals surface area contributed by atoms with Crippen molar-refractivity contribution in [2.75, 3.05) is 7.11 Å². The van der Waals surface area contributed by atoms with Crippen molar-refractivity contribution >= 4 is 11.9 Å². The molecule has 2 aliphatic rings. The van der Waals surface area contributed by atoms with E-state index >= 15 is 0 Å². The molecule has 0 N–H and O–H groups in total. The van der Waals surface area contributed by atoms with Crippen molar-refractivity contribution in [1.82, 2.24) is 4.90 Å². The van der Waals surface area contributed by atoms with Gasteiger partial charge in [-0.2, -0.15) is 0 Å². The van der Waals surface area contributed by atoms with Gasteiger partial charge in [0.2, 0.25) is 0 Å². The van der Waals surface area contributed by atoms with Crippen LogP contribution in [0.2, 0.25) is 0 Å². The Hall–Kier alpha value is -1.91. The van der Waals surface area contributed by atoms with Crippen molar-refractivity contribution in [3.63, 3.8) is 0 Å². The quantitative estimate of drug-likeness (QED) is 0.786. The zero-order valence-corrected chi connectivity index (χ0v) is 14.5. The number of amides is 1. The highest BCUT2D eigenvalue weighted by Crippen LogP contribution is 2.34. The average molecular weight is 335 g/mol. The second kappa shape index (κ2) is 8.81. The van der Waals surface area contributed by atoms with Crippen LogP contribution in [0.15, 0.2) is 24.3 Å². The topological polar surface area (TPSA) is 46.6 Å². The number of rotatable bonds is 3. The lowest BCUT2D eigenvalue weighted by Crippen LogP contribution is -2.43. The SMILES string of the molecule is COC(C)=O.O=C(c1ccc(F)cc1)N(C1CCCCC1)C1CC1. The minimum atomic E-state index is -0.285. The number of esters is 1. The standard InChI is InChI=1S/C16H20FNO.C3H6O2/c17-13-8-6-12(7-9-13)16(19)18(15-10-11-15)14-4-2-1-3-5-14;1-3(4)5-2/h6-9,14-15H,1-5,10-11H2;1-2H3. The van der Waals surface area contributed by atoms with E-state index in [9.17, 15) is 14.0 Å². The number of hydrogen-bond acceptors (Lipinski definition) is 3. The molecule has 0 atom stereocenters. The summed E-state index contributed by atoms with van der Waals surface area (Å²) in [5.41, 5.74) is 0.624. The number of nitrogens with zero attached hydrogens (tertiary/aromatic N) is 1. The van der Waals surface area contributed by atoms with Crippen LogP contribution in [0.5, 0.6) is 0 Å². The molecule has 0 aliphatic heterocycles. The summed E-state index contributed by atoms with van der Waals surface area (Å²) >= 11 is 0. The summed E-state index contributed by atoms with van der Waals surface area (Å²) in [5.74, 6) is -0.438. The van der Waals surface area contributed by atoms with E-state index in [2.05, 4.69) is 9.64 Å². The van der Waals surface area contributed by atoms with Gasteiger partial charge in [-0.25, -0.2) is 4.39 Å². The molecule has 2 saturated carbocycles. The van der Waals surface area contributed by atoms with Gasteiger partial charge in [-0.05, 0) is 49.9 Å². The van der Waals surface area contributed by atoms with Crippen LogP contribution in [-0.4, -0.2) is 36.0 Å². The molecule has 2 fully saturated rings. The molecule has 0 spiro atoms. The molecule has 0 radical (unpaired) electrons. The Kier molecular flexibility index (Phi) is 6.76. The number of carbonyl (C=O) groups excluding carboxylic acids is 2. The molecule has 4 nitrogen and oxygen atoms in total. The second-order valence-electron chi connectivity index (χ2n) is 6.44. The van der Waals surface area contributed by atoms with E-state index in [-0.39, 0.29) is 17.7 Å². The Morgan fingerprint density at radius 3 is 1.96 bits per heavy atom. The second-order valence-corrected chi connectivity index (χ2v) is 6.44. The molecule has 3 rings (SSSR count). The summed E-state index contributed by atoms with van der Waals surface area (Å²) in [6.07, 6.45) is 8.26. The van der Waals surface area contributed by atoms with E-state index in [0.717, 1.165) is 25.7 Å². The molecule has 0 aromatic heterocycles. The van der Waals surface area contributed by atoms with Crippen LogP contribution in [0.1, 0.15) is 62.2 Å². The lowest BCUT2D eigenvalue weighted by atomic mass is 9.93. The molecule has 1 aromatic rings. The highest BCUT2D eigenvalue weighted by atomic mass is 19.1. The zero-order valence-electron chi connectivity index (χ0n) is 14.5. The minimum absolute atomic E-state index is 0.0920. The molecular formula is C19H26FNO3. The van der Waals surface area contributed by atoms with Crippen molar-refractivity contribution < 1.29 is 18.7 Å². The van der Waals surface area contributed by atoms with Gasteiger partial charge in [-0.1, -0.05) is 19.3 Å². The fourth-order valence-corrected chi connectivity index (χ4v) is 3.08. The third kappa shape index (κ3) is 5.32. The van der Waals surface area contributed by atoms with Gasteiger partial charge in [0, 0.05) is 24.6 Å². The van der Waals surface area contributed by atoms with Crippen LogP contribution >= 0.6 is 0 Å². The van der Waals surface area contributed by atoms with Gasteiger partial charge in [0.15, 0.2) is 0 Å². The van der Waals surface area contributed by atoms with Crippen LogP contribution < -0.4 is 0 Å². The van der Waals surface area contributed by atoms with Crippen LogP contribution in [-0.2, 0) is 9.53 Å². The Labute approximate surface area is 143 Å². The Morgan fingerprint density at radius 2 is 1.50 bits per heavy atom. The van der Waals surface area contributed by atoms with Crippen LogP contribution in [0.4, 0.5) is 4.39 Å². The van der Waals surface area contributed by atoms with Crippen LogP contribution in [0.25, 0.3) is 0 Å². The molecule has 1 aromatic carbocycles. The first-order chi connectivity index (χ1) is 11.5. The van der Waals surface area contributed by atoms with E-state index in [1.807, 2.05) is 0 Å². The van der Waals surface area contributed by atoms with Gasteiger partial charge >= 0.3 is 5.97 Å². The van der Waals surface area contributed by atoms with Gasteiger partial charge in [-0.15, -0.1) is 0 Å². The number of ether oxygens (including phenoxy) is 1. The van der Waals surface area contributed by atoms with Crippen molar-refractivity contribution in [3.8, 4) is 0 Å². The van der Waals surface area contributed by atoms with E-state index in [0.29, 0.717) is 17.6 Å². The van der Waals surface area contributed by atoms with Crippen molar-refractivity contribution in [1.29, 1.82) is 0 Å². The van der Waals surface area contributed by atoms with E-state index in [4.69, 9.17) is 0 Å². The van der Waals surface area contributed by atoms with Crippen molar-refractivity contribution in [2.24, 2.45) is 0 Å². The van der Waals surface area contributed by atoms with Gasteiger partial charge in [0.1, 0.15) is 5.82 Å². The summed E-state index contributed by atoms with van der Waals surface area (Å²) in [6, 6.07) is 6.80. The first kappa shape index (κ1) is 18.4. The van der Waals surface area contributed by atoms with Gasteiger partial charge in [-0.3, -0.25) is 9.59 Å². The van der Waals surface area contributed by atoms with E-state index in [1.165, 1.54) is 45.4 Å². The van der Waals surface area contributed by atoms with Crippen molar-refractivity contribution in [2.45, 2.75) is 64.0 Å². The Morgan fingerprint density at radius 1 is 1.00 bits per heavy atom. The summed E-state index contributed by atoms with van der Waals surface area (Å²) < 4.78 is 17.1. The lowest BCUT2D eigenvalue weighted by Gasteiger charge is -2.34. The predicted octanol–water partition coefficient (Wildman–Crippen LogP) is 3.94. The van der Waals surface area contributed by atoms with Crippen molar-refractivity contribution in [3.05, 3.63) is 35.6 Å². The van der Waals surface area contributed by atoms with E-state index in [1.54, 1.807) is 12.1 Å². The first-order valence-electron chi connectivity index (χ1n) is 8.65. The maximum atomic E-state index is 13.0. The lowest BCUT2D eigenvalue weighted by molar-refractivity contribution is -0.137. The summed E-state index contributed by atoms with van der Waals surface area (Å²) in [4.78, 5) is 24.3. The molecule has 24 heavy (non-hydrogen) atoms. The fourth-order valence-electron chi connectivity index (χ4n) is 3.08. The van der Waals surface area contributed by atoms with Gasteiger partial charge in [0.25, 0.3) is 5.91 Å². The number of halogens is 1. The molecule has 132 valence electrons. The third-order valence-corrected chi connectivity index (χ3v) is 4.52. The zero-order chi connectivity index (χ0) is 17.5. The molecule has 0 saturated heterocycles. The van der Waals surface area contributed by atoms with Gasteiger partial charge < -0.3 is 9.64 Å². The fraction of sp³-hybridized carbons (Fsp3) is 0.579. The Balaban J connectivity index is 0.000000368. The molecule has 0 heterocycles. The Bertz CT molecular complexity index is 548. The average Bonchev–Trinajstić information content (AvgIpc) is 3.42. The number of carbonyl (C=O) groups is 2. The maximum Gasteiger partial charge on any atom is 0.302 e. The molecule has 2 aliphatic carbocycles. The summed E-state index contributed by atoms with van der Waals surface area (Å²) in [6.45, 7) is 1.36. The molecule has 5 heteroatoms. The monoisotopic (exact) mass is 335 g/mol. The van der Waals surface area contributed by atoms with E-state index < -0.39 is 0 Å². The number of methoxy groups -OCH3 is 1. The maximum absolute atomic E-state index is 13.0. The minimum Gasteiger partial charge on any atom is -0.469 e. The predicted molar refractivity (Wildman–Crippen MR) is 90.2 cm³/mol. The first-order valence-corrected chi connectivity index (χ1v) is 8.65. The number of benzene rings is 1. The largest absolute Gasteiger partial charge is 0.469 e. The highest BCUT2D eigenvalue weighted by Gasteiger charge is 2.37. The highest BCUT2D eigenvalue weighted by molar-refractivity contribution is 5.94. The molecule has 0 unspecified atom stereocenters. The third-order valence-electron chi connectivity index (χ3n) is 4.52. The summed E-state index contributed by atoms with van der Waals surface area (Å²) in [5, 5.41) is 0. The smallest absolute Gasteiger partial charge is 0.302 e. The molecule has 0 bridgehead atoms. The number of hydrogen-bond donors (Lipinski definition) is 0. The van der Waals surface area contributed by atoms with Crippen LogP contribution in [0, 0.1) is 5.82 Å². The van der Waals surface area contributed by atoms with Gasteiger partial charge in [0.05, 0.1) is 7.11 Å². The van der Waals surface area contributed by atoms with Crippen LogP contribution in [0.3, 0.4) is 0 Å². The summed E-state index contributed by atoms with van der Waals surface area (Å²) in [7, 11) is 1.35. The molecule has 1 amide bonds. The molecular weight excluding hydrogens is 309 g/mol. The normalized spacial score (nSPS) is 17.5.